The second-order valence-corrected chi connectivity index (χ2v) is 24.8. The average Bonchev–Trinajstić information content (AvgIpc) is 3.43. The number of hydrogen-bond donors (Lipinski definition) is 0. The van der Waals surface area contributed by atoms with Crippen molar-refractivity contribution in [3.8, 4) is 0 Å². The number of rotatable bonds is 66. The van der Waals surface area contributed by atoms with Crippen LogP contribution in [-0.4, -0.2) is 36.1 Å². The molecule has 8 nitrogen and oxygen atoms in total. The van der Waals surface area contributed by atoms with Gasteiger partial charge in [0.2, 0.25) is 0 Å². The second-order valence-electron chi connectivity index (χ2n) is 24.8. The largest absolute Gasteiger partial charge is 2.00 e. The summed E-state index contributed by atoms with van der Waals surface area (Å²) in [5, 5.41) is 20.9. The molecular formula is C72H138O8Zn. The molecule has 0 aromatic rings. The van der Waals surface area contributed by atoms with E-state index in [-0.39, 0.29) is 56.5 Å². The number of esters is 2. The van der Waals surface area contributed by atoms with E-state index in [1.54, 1.807) is 0 Å². The van der Waals surface area contributed by atoms with E-state index < -0.39 is 11.9 Å². The summed E-state index contributed by atoms with van der Waals surface area (Å²) < 4.78 is 11.9. The van der Waals surface area contributed by atoms with Crippen LogP contribution in [0.2, 0.25) is 0 Å². The van der Waals surface area contributed by atoms with Gasteiger partial charge in [-0.25, -0.2) is 0 Å². The van der Waals surface area contributed by atoms with E-state index in [9.17, 15) is 29.4 Å². The summed E-state index contributed by atoms with van der Waals surface area (Å²) in [5.74, 6) is -1.82. The maximum absolute atomic E-state index is 12.5. The van der Waals surface area contributed by atoms with Crippen LogP contribution in [0, 0.1) is 0 Å². The molecule has 2 unspecified atom stereocenters. The number of hydrogen-bond acceptors (Lipinski definition) is 8. The third-order valence-electron chi connectivity index (χ3n) is 16.6. The summed E-state index contributed by atoms with van der Waals surface area (Å²) >= 11 is 0. The quantitative estimate of drug-likeness (QED) is 0.0334. The van der Waals surface area contributed by atoms with Crippen LogP contribution in [-0.2, 0) is 48.1 Å². The zero-order valence-electron chi connectivity index (χ0n) is 55.0. The molecule has 0 heterocycles. The number of carbonyl (C=O) groups is 4. The van der Waals surface area contributed by atoms with Crippen molar-refractivity contribution in [3.05, 3.63) is 0 Å². The van der Waals surface area contributed by atoms with Crippen molar-refractivity contribution in [3.63, 3.8) is 0 Å². The van der Waals surface area contributed by atoms with Gasteiger partial charge in [0.05, 0.1) is 0 Å². The minimum Gasteiger partial charge on any atom is -0.550 e. The third-order valence-corrected chi connectivity index (χ3v) is 16.6. The van der Waals surface area contributed by atoms with E-state index in [1.807, 2.05) is 0 Å². The number of aliphatic carboxylic acids is 2. The fourth-order valence-electron chi connectivity index (χ4n) is 11.3. The van der Waals surface area contributed by atoms with Gasteiger partial charge in [-0.2, -0.15) is 0 Å². The number of carboxylic acid groups (broad SMARTS) is 2. The molecule has 0 spiro atoms. The summed E-state index contributed by atoms with van der Waals surface area (Å²) in [4.78, 5) is 45.9. The Hall–Kier alpha value is -1.50. The van der Waals surface area contributed by atoms with Crippen molar-refractivity contribution < 1.29 is 58.3 Å². The first-order chi connectivity index (χ1) is 39.2. The number of carboxylic acids is 2. The molecule has 476 valence electrons. The summed E-state index contributed by atoms with van der Waals surface area (Å²) in [6, 6.07) is 0. The minimum absolute atomic E-state index is 0. The molecule has 2 atom stereocenters. The van der Waals surface area contributed by atoms with Gasteiger partial charge in [0, 0.05) is 24.8 Å². The van der Waals surface area contributed by atoms with Crippen molar-refractivity contribution in [1.82, 2.24) is 0 Å². The second kappa shape index (κ2) is 72.8. The Morgan fingerprint density at radius 3 is 0.568 bits per heavy atom. The molecule has 81 heavy (non-hydrogen) atoms. The van der Waals surface area contributed by atoms with Crippen LogP contribution in [0.3, 0.4) is 0 Å². The normalized spacial score (nSPS) is 11.9. The molecule has 0 aliphatic heterocycles. The molecule has 0 saturated heterocycles. The molecule has 0 aliphatic carbocycles. The molecule has 0 amide bonds. The first-order valence-corrected chi connectivity index (χ1v) is 36.0. The minimum atomic E-state index is -0.931. The molecule has 0 radical (unpaired) electrons. The van der Waals surface area contributed by atoms with E-state index in [0.29, 0.717) is 12.8 Å². The SMILES string of the molecule is CCCCCCCCCCCCCCCCCC(=O)OC(CCCCCC)CCCCCCCCCCC(=O)[O-].CCCCCCCCCCCCCCCCCC(=O)OC(CCCCCC)CCCCCCCCCCC(=O)[O-].[Zn+2]. The van der Waals surface area contributed by atoms with Crippen molar-refractivity contribution in [2.24, 2.45) is 0 Å². The van der Waals surface area contributed by atoms with Gasteiger partial charge in [-0.1, -0.05) is 323 Å². The summed E-state index contributed by atoms with van der Waals surface area (Å²) in [5.41, 5.74) is 0. The van der Waals surface area contributed by atoms with Crippen molar-refractivity contribution in [2.75, 3.05) is 0 Å². The van der Waals surface area contributed by atoms with Gasteiger partial charge >= 0.3 is 31.4 Å². The first kappa shape index (κ1) is 83.7. The number of carbonyl (C=O) groups excluding carboxylic acids is 4. The van der Waals surface area contributed by atoms with E-state index in [0.717, 1.165) is 116 Å². The van der Waals surface area contributed by atoms with Crippen molar-refractivity contribution in [1.29, 1.82) is 0 Å². The van der Waals surface area contributed by atoms with E-state index in [1.165, 1.54) is 257 Å². The number of ether oxygens (including phenoxy) is 2. The van der Waals surface area contributed by atoms with E-state index >= 15 is 0 Å². The predicted molar refractivity (Wildman–Crippen MR) is 339 cm³/mol. The van der Waals surface area contributed by atoms with Gasteiger partial charge in [0.1, 0.15) is 12.2 Å². The zero-order valence-corrected chi connectivity index (χ0v) is 57.9. The van der Waals surface area contributed by atoms with Gasteiger partial charge in [0.25, 0.3) is 0 Å². The fraction of sp³-hybridized carbons (Fsp3) is 0.944. The van der Waals surface area contributed by atoms with Crippen LogP contribution in [0.5, 0.6) is 0 Å². The molecule has 0 fully saturated rings. The average molecular weight is 1200 g/mol. The molecule has 0 saturated carbocycles. The Labute approximate surface area is 517 Å². The zero-order chi connectivity index (χ0) is 58.7. The molecule has 9 heteroatoms. The Morgan fingerprint density at radius 1 is 0.235 bits per heavy atom. The van der Waals surface area contributed by atoms with Gasteiger partial charge < -0.3 is 29.3 Å². The molecule has 0 N–H and O–H groups in total. The third kappa shape index (κ3) is 74.6. The summed E-state index contributed by atoms with van der Waals surface area (Å²) in [7, 11) is 0. The molecule has 0 rings (SSSR count). The predicted octanol–water partition coefficient (Wildman–Crippen LogP) is 21.6. The van der Waals surface area contributed by atoms with Crippen LogP contribution in [0.15, 0.2) is 0 Å². The van der Waals surface area contributed by atoms with E-state index in [4.69, 9.17) is 9.47 Å². The smallest absolute Gasteiger partial charge is 0.550 e. The van der Waals surface area contributed by atoms with Crippen LogP contribution < -0.4 is 10.2 Å². The maximum Gasteiger partial charge on any atom is 2.00 e. The molecular weight excluding hydrogens is 1060 g/mol. The fourth-order valence-corrected chi connectivity index (χ4v) is 11.3. The topological polar surface area (TPSA) is 133 Å². The summed E-state index contributed by atoms with van der Waals surface area (Å²) in [6.07, 6.45) is 73.4. The molecule has 0 aliphatic rings. The Morgan fingerprint density at radius 2 is 0.383 bits per heavy atom. The standard InChI is InChI=1S/2C36H70O4.Zn/c2*1-3-5-7-9-10-11-12-13-14-15-16-17-22-25-29-33-36(39)40-34(30-26-8-6-4-2)31-27-23-20-18-19-21-24-28-32-35(37)38;/h2*34H,3-33H2,1-2H3,(H,37,38);/q;;+2/p-2. The Balaban J connectivity index is -0.00000148. The van der Waals surface area contributed by atoms with Crippen molar-refractivity contribution in [2.45, 2.75) is 438 Å². The Kier molecular flexibility index (Phi) is 75.2. The molecule has 0 aromatic heterocycles. The summed E-state index contributed by atoms with van der Waals surface area (Å²) in [6.45, 7) is 9.03. The van der Waals surface area contributed by atoms with Gasteiger partial charge in [0.15, 0.2) is 0 Å². The van der Waals surface area contributed by atoms with Crippen LogP contribution >= 0.6 is 0 Å². The van der Waals surface area contributed by atoms with Gasteiger partial charge in [-0.05, 0) is 89.9 Å². The first-order valence-electron chi connectivity index (χ1n) is 36.0. The molecule has 0 bridgehead atoms. The number of unbranched alkanes of at least 4 members (excludes halogenated alkanes) is 48. The van der Waals surface area contributed by atoms with E-state index in [2.05, 4.69) is 27.7 Å². The van der Waals surface area contributed by atoms with Crippen LogP contribution in [0.25, 0.3) is 0 Å². The maximum atomic E-state index is 12.5. The Bertz CT molecular complexity index is 1170. The van der Waals surface area contributed by atoms with Crippen LogP contribution in [0.1, 0.15) is 426 Å². The van der Waals surface area contributed by atoms with Crippen LogP contribution in [0.4, 0.5) is 0 Å². The van der Waals surface area contributed by atoms with Gasteiger partial charge in [-0.3, -0.25) is 9.59 Å². The van der Waals surface area contributed by atoms with Crippen molar-refractivity contribution >= 4 is 23.9 Å². The van der Waals surface area contributed by atoms with Gasteiger partial charge in [-0.15, -0.1) is 0 Å². The molecule has 0 aromatic carbocycles. The monoisotopic (exact) mass is 1190 g/mol.